The number of nitrogens with zero attached hydrogens (tertiary/aromatic N) is 2. The van der Waals surface area contributed by atoms with Crippen molar-refractivity contribution < 1.29 is 4.79 Å². The van der Waals surface area contributed by atoms with Gasteiger partial charge in [-0.25, -0.2) is 5.01 Å². The highest BCUT2D eigenvalue weighted by atomic mass is 16.2. The minimum atomic E-state index is 0.0101. The number of hydrogen-bond donors (Lipinski definition) is 2. The number of piperazine rings is 1. The van der Waals surface area contributed by atoms with Gasteiger partial charge in [0.05, 0.1) is 0 Å². The smallest absolute Gasteiger partial charge is 0.265 e. The number of hydrazine groups is 1. The van der Waals surface area contributed by atoms with Gasteiger partial charge >= 0.3 is 0 Å². The highest BCUT2D eigenvalue weighted by Crippen LogP contribution is 2.16. The Morgan fingerprint density at radius 1 is 1.20 bits per heavy atom. The van der Waals surface area contributed by atoms with Gasteiger partial charge in [-0.1, -0.05) is 6.07 Å². The largest absolute Gasteiger partial charge is 0.312 e. The second-order valence-corrected chi connectivity index (χ2v) is 5.64. The molecule has 2 aliphatic rings. The Morgan fingerprint density at radius 2 is 2.00 bits per heavy atom. The van der Waals surface area contributed by atoms with Crippen molar-refractivity contribution in [3.05, 3.63) is 34.9 Å². The van der Waals surface area contributed by atoms with Crippen LogP contribution in [0.15, 0.2) is 18.2 Å². The van der Waals surface area contributed by atoms with E-state index in [-0.39, 0.29) is 5.91 Å². The van der Waals surface area contributed by atoms with Gasteiger partial charge in [-0.05, 0) is 43.3 Å². The Balaban J connectivity index is 1.65. The lowest BCUT2D eigenvalue weighted by Crippen LogP contribution is -2.52. The van der Waals surface area contributed by atoms with Crippen LogP contribution in [0.3, 0.4) is 0 Å². The van der Waals surface area contributed by atoms with Crippen molar-refractivity contribution >= 4 is 5.91 Å². The number of carbonyl (C=O) groups excluding carboxylic acids is 1. The van der Waals surface area contributed by atoms with Crippen LogP contribution < -0.4 is 10.7 Å². The van der Waals surface area contributed by atoms with Crippen molar-refractivity contribution in [3.8, 4) is 0 Å². The Bertz CT molecular complexity index is 495. The van der Waals surface area contributed by atoms with Crippen LogP contribution in [0, 0.1) is 0 Å². The van der Waals surface area contributed by atoms with Crippen molar-refractivity contribution in [1.82, 2.24) is 20.7 Å². The van der Waals surface area contributed by atoms with E-state index in [1.165, 1.54) is 11.1 Å². The molecule has 2 heterocycles. The first-order valence-electron chi connectivity index (χ1n) is 7.29. The van der Waals surface area contributed by atoms with E-state index in [0.717, 1.165) is 51.3 Å². The van der Waals surface area contributed by atoms with Crippen LogP contribution in [0.5, 0.6) is 0 Å². The standard InChI is InChI=1S/C15H22N4O/c1-18-6-8-19(9-7-18)17-15(20)13-2-3-14-11-16-5-4-12(14)10-13/h2-3,10,16H,4-9,11H2,1H3,(H,17,20). The summed E-state index contributed by atoms with van der Waals surface area (Å²) in [5.41, 5.74) is 6.40. The lowest BCUT2D eigenvalue weighted by Gasteiger charge is -2.32. The van der Waals surface area contributed by atoms with E-state index < -0.39 is 0 Å². The quantitative estimate of drug-likeness (QED) is 0.810. The minimum Gasteiger partial charge on any atom is -0.312 e. The molecular formula is C15H22N4O. The number of amides is 1. The molecule has 1 saturated heterocycles. The molecule has 20 heavy (non-hydrogen) atoms. The van der Waals surface area contributed by atoms with Crippen molar-refractivity contribution in [2.75, 3.05) is 39.8 Å². The van der Waals surface area contributed by atoms with E-state index in [4.69, 9.17) is 0 Å². The van der Waals surface area contributed by atoms with Gasteiger partial charge in [0.25, 0.3) is 5.91 Å². The lowest BCUT2D eigenvalue weighted by molar-refractivity contribution is 0.0662. The SMILES string of the molecule is CN1CCN(NC(=O)c2ccc3c(c2)CCNC3)CC1. The van der Waals surface area contributed by atoms with Crippen LogP contribution in [0.2, 0.25) is 0 Å². The van der Waals surface area contributed by atoms with E-state index >= 15 is 0 Å². The molecule has 1 fully saturated rings. The molecule has 2 aliphatic heterocycles. The van der Waals surface area contributed by atoms with Gasteiger partial charge in [0, 0.05) is 38.3 Å². The van der Waals surface area contributed by atoms with E-state index in [2.05, 4.69) is 28.8 Å². The molecule has 5 heteroatoms. The van der Waals surface area contributed by atoms with E-state index in [9.17, 15) is 4.79 Å². The normalized spacial score (nSPS) is 20.4. The number of hydrogen-bond acceptors (Lipinski definition) is 4. The summed E-state index contributed by atoms with van der Waals surface area (Å²) in [5.74, 6) is 0.0101. The first-order chi connectivity index (χ1) is 9.72. The van der Waals surface area contributed by atoms with E-state index in [1.807, 2.05) is 17.1 Å². The molecule has 0 atom stereocenters. The summed E-state index contributed by atoms with van der Waals surface area (Å²) >= 11 is 0. The summed E-state index contributed by atoms with van der Waals surface area (Å²) in [4.78, 5) is 14.6. The highest BCUT2D eigenvalue weighted by Gasteiger charge is 2.17. The van der Waals surface area contributed by atoms with Gasteiger partial charge in [-0.15, -0.1) is 0 Å². The first kappa shape index (κ1) is 13.5. The highest BCUT2D eigenvalue weighted by molar-refractivity contribution is 5.94. The van der Waals surface area contributed by atoms with Crippen LogP contribution in [0.25, 0.3) is 0 Å². The van der Waals surface area contributed by atoms with Crippen molar-refractivity contribution in [1.29, 1.82) is 0 Å². The summed E-state index contributed by atoms with van der Waals surface area (Å²) in [5, 5.41) is 5.36. The zero-order valence-corrected chi connectivity index (χ0v) is 12.0. The van der Waals surface area contributed by atoms with Crippen LogP contribution in [0.1, 0.15) is 21.5 Å². The first-order valence-corrected chi connectivity index (χ1v) is 7.29. The third-order valence-electron chi connectivity index (χ3n) is 4.12. The molecule has 0 unspecified atom stereocenters. The number of benzene rings is 1. The molecule has 0 radical (unpaired) electrons. The van der Waals surface area contributed by atoms with Gasteiger partial charge in [0.2, 0.25) is 0 Å². The fourth-order valence-corrected chi connectivity index (χ4v) is 2.74. The molecule has 108 valence electrons. The fourth-order valence-electron chi connectivity index (χ4n) is 2.74. The summed E-state index contributed by atoms with van der Waals surface area (Å²) in [6.07, 6.45) is 1.00. The molecule has 5 nitrogen and oxygen atoms in total. The van der Waals surface area contributed by atoms with Gasteiger partial charge < -0.3 is 10.2 Å². The molecule has 0 spiro atoms. The molecule has 0 aliphatic carbocycles. The molecule has 0 aromatic heterocycles. The van der Waals surface area contributed by atoms with Crippen LogP contribution in [-0.4, -0.2) is 55.6 Å². The van der Waals surface area contributed by atoms with Crippen LogP contribution in [-0.2, 0) is 13.0 Å². The van der Waals surface area contributed by atoms with Crippen molar-refractivity contribution in [2.24, 2.45) is 0 Å². The Hall–Kier alpha value is -1.43. The zero-order valence-electron chi connectivity index (χ0n) is 12.0. The average Bonchev–Trinajstić information content (AvgIpc) is 2.49. The molecule has 3 rings (SSSR count). The summed E-state index contributed by atoms with van der Waals surface area (Å²) in [6.45, 7) is 5.67. The monoisotopic (exact) mass is 274 g/mol. The fraction of sp³-hybridized carbons (Fsp3) is 0.533. The van der Waals surface area contributed by atoms with Gasteiger partial charge in [0.1, 0.15) is 0 Å². The maximum absolute atomic E-state index is 12.3. The molecular weight excluding hydrogens is 252 g/mol. The number of carbonyl (C=O) groups is 1. The number of fused-ring (bicyclic) bond motifs is 1. The van der Waals surface area contributed by atoms with Crippen LogP contribution in [0.4, 0.5) is 0 Å². The Labute approximate surface area is 119 Å². The number of nitrogens with one attached hydrogen (secondary N) is 2. The third-order valence-corrected chi connectivity index (χ3v) is 4.12. The second kappa shape index (κ2) is 5.91. The third kappa shape index (κ3) is 3.00. The Morgan fingerprint density at radius 3 is 2.80 bits per heavy atom. The molecule has 2 N–H and O–H groups in total. The Kier molecular flexibility index (Phi) is 4.00. The molecule has 0 bridgehead atoms. The molecule has 1 aromatic rings. The van der Waals surface area contributed by atoms with Gasteiger partial charge in [0.15, 0.2) is 0 Å². The maximum Gasteiger partial charge on any atom is 0.265 e. The maximum atomic E-state index is 12.3. The molecule has 0 saturated carbocycles. The lowest BCUT2D eigenvalue weighted by atomic mass is 9.98. The summed E-state index contributed by atoms with van der Waals surface area (Å²) in [6, 6.07) is 6.04. The van der Waals surface area contributed by atoms with E-state index in [1.54, 1.807) is 0 Å². The van der Waals surface area contributed by atoms with Gasteiger partial charge in [-0.2, -0.15) is 0 Å². The molecule has 1 amide bonds. The van der Waals surface area contributed by atoms with E-state index in [0.29, 0.717) is 0 Å². The zero-order chi connectivity index (χ0) is 13.9. The predicted octanol–water partition coefficient (Wildman–Crippen LogP) is 0.225. The summed E-state index contributed by atoms with van der Waals surface area (Å²) in [7, 11) is 2.11. The number of rotatable bonds is 2. The summed E-state index contributed by atoms with van der Waals surface area (Å²) < 4.78 is 0. The minimum absolute atomic E-state index is 0.0101. The molecule has 1 aromatic carbocycles. The second-order valence-electron chi connectivity index (χ2n) is 5.64. The van der Waals surface area contributed by atoms with Crippen LogP contribution >= 0.6 is 0 Å². The topological polar surface area (TPSA) is 47.6 Å². The van der Waals surface area contributed by atoms with Crippen molar-refractivity contribution in [2.45, 2.75) is 13.0 Å². The average molecular weight is 274 g/mol. The van der Waals surface area contributed by atoms with Crippen molar-refractivity contribution in [3.63, 3.8) is 0 Å². The van der Waals surface area contributed by atoms with Gasteiger partial charge in [-0.3, -0.25) is 10.2 Å². The predicted molar refractivity (Wildman–Crippen MR) is 78.4 cm³/mol. The number of likely N-dealkylation sites (N-methyl/N-ethyl adjacent to an activating group) is 1.